The number of rotatable bonds is 3. The molecule has 0 atom stereocenters. The zero-order valence-corrected chi connectivity index (χ0v) is 8.45. The monoisotopic (exact) mass is 241 g/mol. The van der Waals surface area contributed by atoms with Gasteiger partial charge in [-0.15, -0.1) is 0 Å². The molecule has 0 radical (unpaired) electrons. The molecule has 1 saturated carbocycles. The quantitative estimate of drug-likeness (QED) is 0.602. The minimum atomic E-state index is 0.299. The predicted octanol–water partition coefficient (Wildman–Crippen LogP) is 2.20. The zero-order chi connectivity index (χ0) is 9.26. The number of hydrogen-bond acceptors (Lipinski definition) is 3. The van der Waals surface area contributed by atoms with E-state index in [1.54, 1.807) is 6.07 Å². The number of ether oxygens (including phenoxy) is 1. The number of halogens is 1. The number of carbonyl (C=O) groups excluding carboxylic acids is 1. The normalized spacial score (nSPS) is 15.5. The summed E-state index contributed by atoms with van der Waals surface area (Å²) >= 11 is 3.23. The van der Waals surface area contributed by atoms with Gasteiger partial charge in [0.2, 0.25) is 0 Å². The first-order valence-electron chi connectivity index (χ1n) is 4.07. The van der Waals surface area contributed by atoms with Crippen molar-refractivity contribution in [2.75, 3.05) is 0 Å². The van der Waals surface area contributed by atoms with E-state index in [4.69, 9.17) is 4.74 Å². The fraction of sp³-hybridized carbons (Fsp3) is 0.333. The van der Waals surface area contributed by atoms with Crippen molar-refractivity contribution in [2.45, 2.75) is 18.9 Å². The Hall–Kier alpha value is -0.900. The van der Waals surface area contributed by atoms with Crippen LogP contribution in [0.5, 0.6) is 5.75 Å². The minimum Gasteiger partial charge on any atom is -0.490 e. The van der Waals surface area contributed by atoms with Gasteiger partial charge in [-0.05, 0) is 28.8 Å². The van der Waals surface area contributed by atoms with Gasteiger partial charge in [-0.3, -0.25) is 4.79 Å². The summed E-state index contributed by atoms with van der Waals surface area (Å²) in [5, 5.41) is 0. The van der Waals surface area contributed by atoms with Crippen LogP contribution in [-0.2, 0) is 0 Å². The predicted molar refractivity (Wildman–Crippen MR) is 51.0 cm³/mol. The SMILES string of the molecule is O=Cc1cnc(Br)cc1OC1CC1. The van der Waals surface area contributed by atoms with Crippen molar-refractivity contribution in [3.63, 3.8) is 0 Å². The summed E-state index contributed by atoms with van der Waals surface area (Å²) in [4.78, 5) is 14.5. The standard InChI is InChI=1S/C9H8BrNO2/c10-9-3-8(13-7-1-2-7)6(5-12)4-11-9/h3-5,7H,1-2H2. The molecule has 1 aliphatic rings. The fourth-order valence-electron chi connectivity index (χ4n) is 0.980. The molecule has 13 heavy (non-hydrogen) atoms. The fourth-order valence-corrected chi connectivity index (χ4v) is 1.29. The van der Waals surface area contributed by atoms with Crippen LogP contribution in [0.1, 0.15) is 23.2 Å². The molecule has 0 saturated heterocycles. The molecule has 3 nitrogen and oxygen atoms in total. The van der Waals surface area contributed by atoms with Gasteiger partial charge >= 0.3 is 0 Å². The van der Waals surface area contributed by atoms with Gasteiger partial charge in [-0.25, -0.2) is 4.98 Å². The molecular weight excluding hydrogens is 234 g/mol. The summed E-state index contributed by atoms with van der Waals surface area (Å²) in [6.07, 6.45) is 4.73. The highest BCUT2D eigenvalue weighted by molar-refractivity contribution is 9.10. The molecule has 1 aliphatic carbocycles. The Bertz CT molecular complexity index is 336. The van der Waals surface area contributed by atoms with E-state index < -0.39 is 0 Å². The highest BCUT2D eigenvalue weighted by atomic mass is 79.9. The molecule has 0 bridgehead atoms. The van der Waals surface area contributed by atoms with Crippen molar-refractivity contribution in [3.8, 4) is 5.75 Å². The number of hydrogen-bond donors (Lipinski definition) is 0. The molecule has 0 unspecified atom stereocenters. The lowest BCUT2D eigenvalue weighted by Crippen LogP contribution is -1.99. The lowest BCUT2D eigenvalue weighted by atomic mass is 10.3. The molecule has 1 heterocycles. The topological polar surface area (TPSA) is 39.2 Å². The molecule has 1 aromatic rings. The van der Waals surface area contributed by atoms with Crippen molar-refractivity contribution in [2.24, 2.45) is 0 Å². The lowest BCUT2D eigenvalue weighted by Gasteiger charge is -2.06. The summed E-state index contributed by atoms with van der Waals surface area (Å²) in [5.41, 5.74) is 0.509. The Morgan fingerprint density at radius 3 is 3.00 bits per heavy atom. The first-order chi connectivity index (χ1) is 6.29. The molecule has 0 N–H and O–H groups in total. The van der Waals surface area contributed by atoms with Crippen LogP contribution >= 0.6 is 15.9 Å². The number of aromatic nitrogens is 1. The first-order valence-corrected chi connectivity index (χ1v) is 4.86. The molecule has 68 valence electrons. The summed E-state index contributed by atoms with van der Waals surface area (Å²) in [6.45, 7) is 0. The van der Waals surface area contributed by atoms with Crippen LogP contribution < -0.4 is 4.74 Å². The largest absolute Gasteiger partial charge is 0.490 e. The van der Waals surface area contributed by atoms with Crippen molar-refractivity contribution >= 4 is 22.2 Å². The Balaban J connectivity index is 2.27. The van der Waals surface area contributed by atoms with Crippen LogP contribution in [0.2, 0.25) is 0 Å². The number of aldehydes is 1. The van der Waals surface area contributed by atoms with Crippen LogP contribution in [0, 0.1) is 0 Å². The van der Waals surface area contributed by atoms with Gasteiger partial charge < -0.3 is 4.74 Å². The van der Waals surface area contributed by atoms with Crippen molar-refractivity contribution in [1.29, 1.82) is 0 Å². The molecule has 1 fully saturated rings. The summed E-state index contributed by atoms with van der Waals surface area (Å²) in [5.74, 6) is 0.624. The number of pyridine rings is 1. The first kappa shape index (κ1) is 8.69. The third-order valence-corrected chi connectivity index (χ3v) is 2.24. The molecule has 0 spiro atoms. The zero-order valence-electron chi connectivity index (χ0n) is 6.87. The molecule has 0 aliphatic heterocycles. The third-order valence-electron chi connectivity index (χ3n) is 1.81. The van der Waals surface area contributed by atoms with Crippen LogP contribution in [-0.4, -0.2) is 17.4 Å². The van der Waals surface area contributed by atoms with Crippen LogP contribution in [0.4, 0.5) is 0 Å². The van der Waals surface area contributed by atoms with E-state index >= 15 is 0 Å². The maximum absolute atomic E-state index is 10.6. The van der Waals surface area contributed by atoms with E-state index in [0.29, 0.717) is 22.0 Å². The van der Waals surface area contributed by atoms with E-state index in [1.807, 2.05) is 0 Å². The van der Waals surface area contributed by atoms with E-state index in [2.05, 4.69) is 20.9 Å². The van der Waals surface area contributed by atoms with Crippen molar-refractivity contribution < 1.29 is 9.53 Å². The van der Waals surface area contributed by atoms with Crippen LogP contribution in [0.15, 0.2) is 16.9 Å². The molecule has 1 aromatic heterocycles. The number of carbonyl (C=O) groups is 1. The lowest BCUT2D eigenvalue weighted by molar-refractivity contribution is 0.111. The second-order valence-electron chi connectivity index (χ2n) is 2.98. The molecule has 2 rings (SSSR count). The summed E-state index contributed by atoms with van der Waals surface area (Å²) < 4.78 is 6.22. The van der Waals surface area contributed by atoms with Gasteiger partial charge in [0.15, 0.2) is 6.29 Å². The minimum absolute atomic E-state index is 0.299. The molecule has 4 heteroatoms. The Morgan fingerprint density at radius 1 is 1.62 bits per heavy atom. The van der Waals surface area contributed by atoms with Crippen molar-refractivity contribution in [1.82, 2.24) is 4.98 Å². The van der Waals surface area contributed by atoms with E-state index in [1.165, 1.54) is 6.20 Å². The van der Waals surface area contributed by atoms with Gasteiger partial charge in [0.05, 0.1) is 11.7 Å². The van der Waals surface area contributed by atoms with Gasteiger partial charge in [-0.2, -0.15) is 0 Å². The van der Waals surface area contributed by atoms with Crippen LogP contribution in [0.3, 0.4) is 0 Å². The Morgan fingerprint density at radius 2 is 2.38 bits per heavy atom. The van der Waals surface area contributed by atoms with Gasteiger partial charge in [0.1, 0.15) is 10.4 Å². The maximum Gasteiger partial charge on any atom is 0.155 e. The molecule has 0 amide bonds. The van der Waals surface area contributed by atoms with Gasteiger partial charge in [0.25, 0.3) is 0 Å². The second-order valence-corrected chi connectivity index (χ2v) is 3.79. The number of nitrogens with zero attached hydrogens (tertiary/aromatic N) is 1. The molecule has 0 aromatic carbocycles. The molecular formula is C9H8BrNO2. The van der Waals surface area contributed by atoms with Crippen LogP contribution in [0.25, 0.3) is 0 Å². The van der Waals surface area contributed by atoms with Crippen molar-refractivity contribution in [3.05, 3.63) is 22.4 Å². The maximum atomic E-state index is 10.6. The third kappa shape index (κ3) is 2.06. The summed E-state index contributed by atoms with van der Waals surface area (Å²) in [6, 6.07) is 1.72. The highest BCUT2D eigenvalue weighted by Crippen LogP contribution is 2.29. The van der Waals surface area contributed by atoms with E-state index in [-0.39, 0.29) is 0 Å². The summed E-state index contributed by atoms with van der Waals surface area (Å²) in [7, 11) is 0. The van der Waals surface area contributed by atoms with E-state index in [0.717, 1.165) is 19.1 Å². The Labute approximate surface area is 84.2 Å². The van der Waals surface area contributed by atoms with Gasteiger partial charge in [0, 0.05) is 12.3 Å². The average Bonchev–Trinajstić information content (AvgIpc) is 2.89. The smallest absolute Gasteiger partial charge is 0.155 e. The second kappa shape index (κ2) is 3.46. The van der Waals surface area contributed by atoms with Gasteiger partial charge in [-0.1, -0.05) is 0 Å². The average molecular weight is 242 g/mol. The highest BCUT2D eigenvalue weighted by Gasteiger charge is 2.24. The van der Waals surface area contributed by atoms with E-state index in [9.17, 15) is 4.79 Å². The Kier molecular flexibility index (Phi) is 2.31.